The molecule has 1 aromatic carbocycles. The van der Waals surface area contributed by atoms with Gasteiger partial charge in [-0.2, -0.15) is 0 Å². The van der Waals surface area contributed by atoms with Gasteiger partial charge in [-0.1, -0.05) is 44.9 Å². The molecule has 1 saturated carbocycles. The number of hydrogen-bond donors (Lipinski definition) is 1. The molecule has 1 aliphatic carbocycles. The van der Waals surface area contributed by atoms with Crippen molar-refractivity contribution in [1.29, 1.82) is 0 Å². The molecule has 1 atom stereocenters. The summed E-state index contributed by atoms with van der Waals surface area (Å²) in [4.78, 5) is 0. The van der Waals surface area contributed by atoms with Gasteiger partial charge in [-0.05, 0) is 31.2 Å². The monoisotopic (exact) mass is 248 g/mol. The Morgan fingerprint density at radius 1 is 1.17 bits per heavy atom. The summed E-state index contributed by atoms with van der Waals surface area (Å²) < 4.78 is 5.69. The molecule has 2 heteroatoms. The lowest BCUT2D eigenvalue weighted by Crippen LogP contribution is -2.44. The molecule has 0 heterocycles. The molecule has 0 radical (unpaired) electrons. The average Bonchev–Trinajstić information content (AvgIpc) is 2.34. The Morgan fingerprint density at radius 2 is 1.83 bits per heavy atom. The summed E-state index contributed by atoms with van der Waals surface area (Å²) in [6.45, 7) is 6.93. The van der Waals surface area contributed by atoms with Crippen LogP contribution < -0.4 is 4.74 Å². The van der Waals surface area contributed by atoms with Gasteiger partial charge in [-0.3, -0.25) is 0 Å². The van der Waals surface area contributed by atoms with Gasteiger partial charge in [0.2, 0.25) is 0 Å². The fraction of sp³-hybridized carbons (Fsp3) is 0.625. The number of ether oxygens (including phenoxy) is 1. The van der Waals surface area contributed by atoms with E-state index in [1.54, 1.807) is 0 Å². The molecule has 0 aliphatic heterocycles. The van der Waals surface area contributed by atoms with Crippen molar-refractivity contribution >= 4 is 0 Å². The predicted molar refractivity (Wildman–Crippen MR) is 73.8 cm³/mol. The summed E-state index contributed by atoms with van der Waals surface area (Å²) in [5.41, 5.74) is 0.0895. The minimum absolute atomic E-state index is 0.0988. The van der Waals surface area contributed by atoms with E-state index in [1.165, 1.54) is 6.42 Å². The molecule has 1 N–H and O–H groups in total. The molecule has 2 rings (SSSR count). The van der Waals surface area contributed by atoms with E-state index in [4.69, 9.17) is 4.74 Å². The minimum atomic E-state index is -0.767. The SMILES string of the molecule is CCOc1ccccc1C1(O)CCCCC1(C)C. The third-order valence-electron chi connectivity index (χ3n) is 4.34. The molecule has 2 nitrogen and oxygen atoms in total. The van der Waals surface area contributed by atoms with Gasteiger partial charge >= 0.3 is 0 Å². The minimum Gasteiger partial charge on any atom is -0.493 e. The van der Waals surface area contributed by atoms with Gasteiger partial charge < -0.3 is 9.84 Å². The molecule has 1 aliphatic rings. The van der Waals surface area contributed by atoms with Crippen molar-refractivity contribution in [2.75, 3.05) is 6.61 Å². The highest BCUT2D eigenvalue weighted by atomic mass is 16.5. The summed E-state index contributed by atoms with van der Waals surface area (Å²) >= 11 is 0. The zero-order valence-electron chi connectivity index (χ0n) is 11.7. The van der Waals surface area contributed by atoms with E-state index in [2.05, 4.69) is 13.8 Å². The number of benzene rings is 1. The molecular formula is C16H24O2. The summed E-state index contributed by atoms with van der Waals surface area (Å²) in [7, 11) is 0. The van der Waals surface area contributed by atoms with Crippen molar-refractivity contribution in [3.63, 3.8) is 0 Å². The van der Waals surface area contributed by atoms with Crippen LogP contribution in [0.2, 0.25) is 0 Å². The van der Waals surface area contributed by atoms with Crippen molar-refractivity contribution in [2.45, 2.75) is 52.1 Å². The first-order chi connectivity index (χ1) is 8.51. The second kappa shape index (κ2) is 4.93. The van der Waals surface area contributed by atoms with Crippen LogP contribution in [0.15, 0.2) is 24.3 Å². The highest BCUT2D eigenvalue weighted by Gasteiger charge is 2.47. The maximum Gasteiger partial charge on any atom is 0.125 e. The van der Waals surface area contributed by atoms with Gasteiger partial charge in [-0.15, -0.1) is 0 Å². The van der Waals surface area contributed by atoms with Crippen molar-refractivity contribution < 1.29 is 9.84 Å². The van der Waals surface area contributed by atoms with E-state index in [9.17, 15) is 5.11 Å². The summed E-state index contributed by atoms with van der Waals surface area (Å²) in [6, 6.07) is 7.92. The maximum absolute atomic E-state index is 11.2. The van der Waals surface area contributed by atoms with Gasteiger partial charge in [0.05, 0.1) is 12.2 Å². The summed E-state index contributed by atoms with van der Waals surface area (Å²) in [5.74, 6) is 0.831. The van der Waals surface area contributed by atoms with Gasteiger partial charge in [-0.25, -0.2) is 0 Å². The van der Waals surface area contributed by atoms with Crippen LogP contribution in [-0.2, 0) is 5.60 Å². The zero-order chi connectivity index (χ0) is 13.2. The Kier molecular flexibility index (Phi) is 3.67. The molecule has 0 bridgehead atoms. The van der Waals surface area contributed by atoms with Crippen molar-refractivity contribution in [1.82, 2.24) is 0 Å². The summed E-state index contributed by atoms with van der Waals surface area (Å²) in [5, 5.41) is 11.2. The number of aliphatic hydroxyl groups is 1. The topological polar surface area (TPSA) is 29.5 Å². The number of hydrogen-bond acceptors (Lipinski definition) is 2. The Morgan fingerprint density at radius 3 is 2.50 bits per heavy atom. The lowest BCUT2D eigenvalue weighted by atomic mass is 9.62. The van der Waals surface area contributed by atoms with Crippen LogP contribution in [0.5, 0.6) is 5.75 Å². The van der Waals surface area contributed by atoms with E-state index in [0.717, 1.165) is 30.6 Å². The smallest absolute Gasteiger partial charge is 0.125 e. The number of para-hydroxylation sites is 1. The van der Waals surface area contributed by atoms with Crippen LogP contribution in [0.25, 0.3) is 0 Å². The van der Waals surface area contributed by atoms with Gasteiger partial charge in [0, 0.05) is 5.56 Å². The van der Waals surface area contributed by atoms with Crippen LogP contribution in [0.1, 0.15) is 52.0 Å². The third kappa shape index (κ3) is 2.14. The van der Waals surface area contributed by atoms with Crippen LogP contribution in [0.3, 0.4) is 0 Å². The van der Waals surface area contributed by atoms with Gasteiger partial charge in [0.1, 0.15) is 5.75 Å². The Labute approximate surface area is 110 Å². The first-order valence-electron chi connectivity index (χ1n) is 6.96. The zero-order valence-corrected chi connectivity index (χ0v) is 11.7. The van der Waals surface area contributed by atoms with Crippen LogP contribution >= 0.6 is 0 Å². The van der Waals surface area contributed by atoms with E-state index < -0.39 is 5.60 Å². The highest BCUT2D eigenvalue weighted by Crippen LogP contribution is 2.52. The third-order valence-corrected chi connectivity index (χ3v) is 4.34. The predicted octanol–water partition coefficient (Wildman–Crippen LogP) is 3.87. The quantitative estimate of drug-likeness (QED) is 0.879. The van der Waals surface area contributed by atoms with Crippen LogP contribution in [-0.4, -0.2) is 11.7 Å². The molecule has 1 unspecified atom stereocenters. The van der Waals surface area contributed by atoms with Crippen molar-refractivity contribution in [3.05, 3.63) is 29.8 Å². The fourth-order valence-corrected chi connectivity index (χ4v) is 3.08. The standard InChI is InChI=1S/C16H24O2/c1-4-18-14-10-6-5-9-13(14)16(17)12-8-7-11-15(16,2)3/h5-6,9-10,17H,4,7-8,11-12H2,1-3H3. The molecule has 100 valence electrons. The van der Waals surface area contributed by atoms with E-state index in [-0.39, 0.29) is 5.41 Å². The van der Waals surface area contributed by atoms with Crippen LogP contribution in [0.4, 0.5) is 0 Å². The van der Waals surface area contributed by atoms with E-state index >= 15 is 0 Å². The largest absolute Gasteiger partial charge is 0.493 e. The molecule has 0 aromatic heterocycles. The molecule has 0 amide bonds. The Hall–Kier alpha value is -1.02. The summed E-state index contributed by atoms with van der Waals surface area (Å²) in [6.07, 6.45) is 4.17. The molecular weight excluding hydrogens is 224 g/mol. The first kappa shape index (κ1) is 13.4. The average molecular weight is 248 g/mol. The molecule has 0 saturated heterocycles. The first-order valence-corrected chi connectivity index (χ1v) is 6.96. The second-order valence-electron chi connectivity index (χ2n) is 5.88. The van der Waals surface area contributed by atoms with Crippen LogP contribution in [0, 0.1) is 5.41 Å². The molecule has 1 fully saturated rings. The lowest BCUT2D eigenvalue weighted by Gasteiger charge is -2.47. The maximum atomic E-state index is 11.2. The molecule has 18 heavy (non-hydrogen) atoms. The molecule has 0 spiro atoms. The van der Waals surface area contributed by atoms with Gasteiger partial charge in [0.25, 0.3) is 0 Å². The van der Waals surface area contributed by atoms with E-state index in [0.29, 0.717) is 6.61 Å². The van der Waals surface area contributed by atoms with Gasteiger partial charge in [0.15, 0.2) is 0 Å². The lowest BCUT2D eigenvalue weighted by molar-refractivity contribution is -0.105. The van der Waals surface area contributed by atoms with Crippen molar-refractivity contribution in [2.24, 2.45) is 5.41 Å². The molecule has 1 aromatic rings. The Balaban J connectivity index is 2.45. The number of rotatable bonds is 3. The normalized spacial score (nSPS) is 26.9. The van der Waals surface area contributed by atoms with E-state index in [1.807, 2.05) is 31.2 Å². The second-order valence-corrected chi connectivity index (χ2v) is 5.88. The Bertz CT molecular complexity index is 411. The fourth-order valence-electron chi connectivity index (χ4n) is 3.08. The van der Waals surface area contributed by atoms with Crippen molar-refractivity contribution in [3.8, 4) is 5.75 Å². The highest BCUT2D eigenvalue weighted by molar-refractivity contribution is 5.39.